The predicted molar refractivity (Wildman–Crippen MR) is 89.3 cm³/mol. The molecule has 2 rings (SSSR count). The molecule has 0 unspecified atom stereocenters. The summed E-state index contributed by atoms with van der Waals surface area (Å²) in [7, 11) is 1.46. The van der Waals surface area contributed by atoms with E-state index in [0.29, 0.717) is 29.6 Å². The lowest BCUT2D eigenvalue weighted by Gasteiger charge is -2.08. The molecule has 0 aliphatic rings. The van der Waals surface area contributed by atoms with Crippen LogP contribution in [-0.4, -0.2) is 13.7 Å². The minimum atomic E-state index is -0.273. The molecule has 0 aliphatic carbocycles. The van der Waals surface area contributed by atoms with E-state index in [-0.39, 0.29) is 11.6 Å². The van der Waals surface area contributed by atoms with Gasteiger partial charge in [-0.05, 0) is 49.1 Å². The summed E-state index contributed by atoms with van der Waals surface area (Å²) in [5.74, 6) is 0.454. The molecule has 0 saturated heterocycles. The lowest BCUT2D eigenvalue weighted by molar-refractivity contribution is 0.321. The van der Waals surface area contributed by atoms with Crippen molar-refractivity contribution in [2.45, 2.75) is 33.6 Å². The van der Waals surface area contributed by atoms with Crippen LogP contribution in [0.1, 0.15) is 37.8 Å². The van der Waals surface area contributed by atoms with Gasteiger partial charge in [0.1, 0.15) is 0 Å². The maximum atomic E-state index is 13.3. The van der Waals surface area contributed by atoms with E-state index in [4.69, 9.17) is 9.47 Å². The van der Waals surface area contributed by atoms with Crippen molar-refractivity contribution in [3.05, 3.63) is 59.2 Å². The van der Waals surface area contributed by atoms with Gasteiger partial charge in [-0.3, -0.25) is 0 Å². The Balaban J connectivity index is 0.000000238. The highest BCUT2D eigenvalue weighted by atomic mass is 19.1. The molecule has 0 bridgehead atoms. The van der Waals surface area contributed by atoms with Gasteiger partial charge >= 0.3 is 0 Å². The molecule has 2 aromatic rings. The first kappa shape index (κ1) is 18.9. The van der Waals surface area contributed by atoms with Gasteiger partial charge in [0.2, 0.25) is 0 Å². The smallest absolute Gasteiger partial charge is 0.167 e. The largest absolute Gasteiger partial charge is 0.494 e. The van der Waals surface area contributed by atoms with Gasteiger partial charge in [0.05, 0.1) is 13.7 Å². The summed E-state index contributed by atoms with van der Waals surface area (Å²) in [5, 5.41) is 0. The summed E-state index contributed by atoms with van der Waals surface area (Å²) in [4.78, 5) is 0. The molecule has 2 nitrogen and oxygen atoms in total. The highest BCUT2D eigenvalue weighted by molar-refractivity contribution is 5.31. The standard InChI is InChI=1S/C11H15FO.C8H9FO/c1-4-13-11-6-5-9(8(2)3)7-10(11)12;1-6-4-3-5-7(10-2)8(6)9/h5-8H,4H2,1-3H3;3-5H,1-2H3. The maximum Gasteiger partial charge on any atom is 0.167 e. The quantitative estimate of drug-likeness (QED) is 0.741. The summed E-state index contributed by atoms with van der Waals surface area (Å²) >= 11 is 0. The monoisotopic (exact) mass is 322 g/mol. The molecule has 0 fully saturated rings. The van der Waals surface area contributed by atoms with Crippen molar-refractivity contribution in [2.24, 2.45) is 0 Å². The minimum Gasteiger partial charge on any atom is -0.494 e. The Kier molecular flexibility index (Phi) is 7.52. The fraction of sp³-hybridized carbons (Fsp3) is 0.368. The van der Waals surface area contributed by atoms with Crippen molar-refractivity contribution in [3.8, 4) is 11.5 Å². The van der Waals surface area contributed by atoms with E-state index >= 15 is 0 Å². The number of methoxy groups -OCH3 is 1. The molecule has 0 heterocycles. The third kappa shape index (κ3) is 5.55. The summed E-state index contributed by atoms with van der Waals surface area (Å²) in [6.45, 7) is 8.12. The van der Waals surface area contributed by atoms with Crippen molar-refractivity contribution in [1.29, 1.82) is 0 Å². The van der Waals surface area contributed by atoms with Crippen molar-refractivity contribution in [2.75, 3.05) is 13.7 Å². The molecular formula is C19H24F2O2. The van der Waals surface area contributed by atoms with E-state index < -0.39 is 0 Å². The minimum absolute atomic E-state index is 0.270. The number of rotatable bonds is 4. The Labute approximate surface area is 137 Å². The van der Waals surface area contributed by atoms with Gasteiger partial charge in [-0.1, -0.05) is 32.0 Å². The summed E-state index contributed by atoms with van der Waals surface area (Å²) in [5.41, 5.74) is 1.61. The van der Waals surface area contributed by atoms with Crippen LogP contribution in [0.5, 0.6) is 11.5 Å². The molecule has 2 aromatic carbocycles. The van der Waals surface area contributed by atoms with Crippen molar-refractivity contribution in [1.82, 2.24) is 0 Å². The van der Waals surface area contributed by atoms with Crippen LogP contribution in [0.25, 0.3) is 0 Å². The molecular weight excluding hydrogens is 298 g/mol. The summed E-state index contributed by atoms with van der Waals surface area (Å²) < 4.78 is 36.0. The first-order valence-corrected chi connectivity index (χ1v) is 7.62. The molecule has 126 valence electrons. The number of hydrogen-bond donors (Lipinski definition) is 0. The van der Waals surface area contributed by atoms with E-state index in [9.17, 15) is 8.78 Å². The average molecular weight is 322 g/mol. The molecule has 23 heavy (non-hydrogen) atoms. The third-order valence-electron chi connectivity index (χ3n) is 3.30. The normalized spacial score (nSPS) is 10.1. The second-order valence-corrected chi connectivity index (χ2v) is 5.37. The van der Waals surface area contributed by atoms with Crippen LogP contribution in [0.4, 0.5) is 8.78 Å². The molecule has 0 radical (unpaired) electrons. The Morgan fingerprint density at radius 3 is 2.22 bits per heavy atom. The highest BCUT2D eigenvalue weighted by Gasteiger charge is 2.06. The third-order valence-corrected chi connectivity index (χ3v) is 3.30. The van der Waals surface area contributed by atoms with Crippen molar-refractivity contribution < 1.29 is 18.3 Å². The molecule has 0 amide bonds. The average Bonchev–Trinajstić information content (AvgIpc) is 2.52. The Morgan fingerprint density at radius 1 is 1.04 bits per heavy atom. The van der Waals surface area contributed by atoms with Crippen LogP contribution in [0.3, 0.4) is 0 Å². The predicted octanol–water partition coefficient (Wildman–Crippen LogP) is 5.49. The van der Waals surface area contributed by atoms with Gasteiger partial charge in [0, 0.05) is 0 Å². The maximum absolute atomic E-state index is 13.3. The molecule has 4 heteroatoms. The number of aryl methyl sites for hydroxylation is 1. The van der Waals surface area contributed by atoms with E-state index in [0.717, 1.165) is 5.56 Å². The van der Waals surface area contributed by atoms with Crippen LogP contribution < -0.4 is 9.47 Å². The summed E-state index contributed by atoms with van der Waals surface area (Å²) in [6, 6.07) is 10.2. The molecule has 0 aromatic heterocycles. The van der Waals surface area contributed by atoms with E-state index in [1.54, 1.807) is 31.2 Å². The van der Waals surface area contributed by atoms with Crippen molar-refractivity contribution in [3.63, 3.8) is 0 Å². The van der Waals surface area contributed by atoms with E-state index in [1.807, 2.05) is 26.8 Å². The Hall–Kier alpha value is -2.10. The molecule has 0 saturated carbocycles. The molecule has 0 N–H and O–H groups in total. The molecule has 0 aliphatic heterocycles. The zero-order chi connectivity index (χ0) is 17.4. The highest BCUT2D eigenvalue weighted by Crippen LogP contribution is 2.22. The Morgan fingerprint density at radius 2 is 1.74 bits per heavy atom. The molecule has 0 atom stereocenters. The van der Waals surface area contributed by atoms with Gasteiger partial charge < -0.3 is 9.47 Å². The van der Waals surface area contributed by atoms with Gasteiger partial charge in [0.15, 0.2) is 23.1 Å². The van der Waals surface area contributed by atoms with Gasteiger partial charge in [-0.15, -0.1) is 0 Å². The van der Waals surface area contributed by atoms with Crippen LogP contribution in [0.2, 0.25) is 0 Å². The second-order valence-electron chi connectivity index (χ2n) is 5.37. The van der Waals surface area contributed by atoms with Crippen LogP contribution in [0, 0.1) is 18.6 Å². The van der Waals surface area contributed by atoms with Crippen LogP contribution >= 0.6 is 0 Å². The number of ether oxygens (including phenoxy) is 2. The fourth-order valence-electron chi connectivity index (χ4n) is 1.93. The van der Waals surface area contributed by atoms with Crippen LogP contribution in [0.15, 0.2) is 36.4 Å². The topological polar surface area (TPSA) is 18.5 Å². The van der Waals surface area contributed by atoms with Crippen LogP contribution in [-0.2, 0) is 0 Å². The zero-order valence-corrected chi connectivity index (χ0v) is 14.3. The number of benzene rings is 2. The fourth-order valence-corrected chi connectivity index (χ4v) is 1.93. The first-order chi connectivity index (χ1) is 10.9. The second kappa shape index (κ2) is 9.13. The first-order valence-electron chi connectivity index (χ1n) is 7.62. The van der Waals surface area contributed by atoms with E-state index in [2.05, 4.69) is 0 Å². The SMILES string of the molecule is CCOc1ccc(C(C)C)cc1F.COc1cccc(C)c1F. The molecule has 0 spiro atoms. The van der Waals surface area contributed by atoms with Gasteiger partial charge in [-0.2, -0.15) is 0 Å². The van der Waals surface area contributed by atoms with Gasteiger partial charge in [-0.25, -0.2) is 8.78 Å². The zero-order valence-electron chi connectivity index (χ0n) is 14.3. The van der Waals surface area contributed by atoms with Gasteiger partial charge in [0.25, 0.3) is 0 Å². The lowest BCUT2D eigenvalue weighted by atomic mass is 10.0. The number of hydrogen-bond acceptors (Lipinski definition) is 2. The van der Waals surface area contributed by atoms with Crippen molar-refractivity contribution >= 4 is 0 Å². The lowest BCUT2D eigenvalue weighted by Crippen LogP contribution is -1.96. The summed E-state index contributed by atoms with van der Waals surface area (Å²) in [6.07, 6.45) is 0. The van der Waals surface area contributed by atoms with E-state index in [1.165, 1.54) is 13.2 Å². The Bertz CT molecular complexity index is 625. The number of halogens is 2.